The third-order valence-electron chi connectivity index (χ3n) is 2.59. The first kappa shape index (κ1) is 17.4. The SMILES string of the molecule is COCCOCCOCCOC(=O)c1cc(N)cnc1C. The number of ether oxygens (including phenoxy) is 4. The summed E-state index contributed by atoms with van der Waals surface area (Å²) in [6.45, 7) is 4.24. The van der Waals surface area contributed by atoms with E-state index in [-0.39, 0.29) is 6.61 Å². The lowest BCUT2D eigenvalue weighted by molar-refractivity contribution is 0.00566. The molecule has 1 heterocycles. The van der Waals surface area contributed by atoms with E-state index in [1.54, 1.807) is 20.1 Å². The minimum absolute atomic E-state index is 0.172. The lowest BCUT2D eigenvalue weighted by Crippen LogP contribution is -2.15. The van der Waals surface area contributed by atoms with Crippen LogP contribution in [0.1, 0.15) is 16.1 Å². The maximum atomic E-state index is 11.8. The molecule has 0 bridgehead atoms. The van der Waals surface area contributed by atoms with Crippen molar-refractivity contribution in [3.8, 4) is 0 Å². The third-order valence-corrected chi connectivity index (χ3v) is 2.59. The van der Waals surface area contributed by atoms with Crippen molar-refractivity contribution in [2.24, 2.45) is 0 Å². The van der Waals surface area contributed by atoms with Crippen LogP contribution in [-0.2, 0) is 18.9 Å². The van der Waals surface area contributed by atoms with Gasteiger partial charge in [0.2, 0.25) is 0 Å². The fourth-order valence-electron chi connectivity index (χ4n) is 1.49. The maximum Gasteiger partial charge on any atom is 0.340 e. The van der Waals surface area contributed by atoms with Crippen LogP contribution < -0.4 is 5.73 Å². The molecule has 0 amide bonds. The van der Waals surface area contributed by atoms with E-state index in [4.69, 9.17) is 24.7 Å². The molecule has 7 heteroatoms. The molecule has 21 heavy (non-hydrogen) atoms. The van der Waals surface area contributed by atoms with Gasteiger partial charge in [0.1, 0.15) is 6.61 Å². The number of methoxy groups -OCH3 is 1. The summed E-state index contributed by atoms with van der Waals surface area (Å²) < 4.78 is 20.4. The van der Waals surface area contributed by atoms with E-state index in [2.05, 4.69) is 4.98 Å². The normalized spacial score (nSPS) is 10.6. The van der Waals surface area contributed by atoms with Gasteiger partial charge in [0.05, 0.1) is 56.2 Å². The Morgan fingerprint density at radius 3 is 2.43 bits per heavy atom. The van der Waals surface area contributed by atoms with Crippen molar-refractivity contribution in [2.45, 2.75) is 6.92 Å². The van der Waals surface area contributed by atoms with E-state index in [1.807, 2.05) is 0 Å². The molecule has 118 valence electrons. The van der Waals surface area contributed by atoms with Crippen molar-refractivity contribution in [3.63, 3.8) is 0 Å². The molecule has 0 aromatic carbocycles. The minimum atomic E-state index is -0.452. The Bertz CT molecular complexity index is 439. The standard InChI is InChI=1S/C14H22N2O5/c1-11-13(9-12(15)10-16-11)14(17)21-8-7-20-6-5-19-4-3-18-2/h9-10H,3-8,15H2,1-2H3. The zero-order valence-electron chi connectivity index (χ0n) is 12.5. The number of hydrogen-bond donors (Lipinski definition) is 1. The predicted molar refractivity (Wildman–Crippen MR) is 77.2 cm³/mol. The quantitative estimate of drug-likeness (QED) is 0.504. The molecule has 0 aliphatic rings. The molecule has 0 unspecified atom stereocenters. The number of hydrogen-bond acceptors (Lipinski definition) is 7. The summed E-state index contributed by atoms with van der Waals surface area (Å²) >= 11 is 0. The van der Waals surface area contributed by atoms with Crippen molar-refractivity contribution in [1.82, 2.24) is 4.98 Å². The highest BCUT2D eigenvalue weighted by Crippen LogP contribution is 2.10. The summed E-state index contributed by atoms with van der Waals surface area (Å²) in [5.74, 6) is -0.452. The van der Waals surface area contributed by atoms with Gasteiger partial charge in [0.15, 0.2) is 0 Å². The second-order valence-corrected chi connectivity index (χ2v) is 4.26. The zero-order valence-corrected chi connectivity index (χ0v) is 12.5. The van der Waals surface area contributed by atoms with Crippen LogP contribution in [0.5, 0.6) is 0 Å². The molecular weight excluding hydrogens is 276 g/mol. The number of nitrogens with zero attached hydrogens (tertiary/aromatic N) is 1. The number of aromatic nitrogens is 1. The second-order valence-electron chi connectivity index (χ2n) is 4.26. The molecule has 2 N–H and O–H groups in total. The van der Waals surface area contributed by atoms with Crippen LogP contribution >= 0.6 is 0 Å². The molecular formula is C14H22N2O5. The summed E-state index contributed by atoms with van der Waals surface area (Å²) in [4.78, 5) is 15.8. The minimum Gasteiger partial charge on any atom is -0.460 e. The first-order valence-electron chi connectivity index (χ1n) is 6.69. The molecule has 1 rings (SSSR count). The van der Waals surface area contributed by atoms with Crippen LogP contribution in [0.4, 0.5) is 5.69 Å². The lowest BCUT2D eigenvalue weighted by atomic mass is 10.2. The average molecular weight is 298 g/mol. The Kier molecular flexibility index (Phi) is 8.34. The van der Waals surface area contributed by atoms with Crippen molar-refractivity contribution in [1.29, 1.82) is 0 Å². The molecule has 1 aromatic heterocycles. The number of carbonyl (C=O) groups excluding carboxylic acids is 1. The first-order chi connectivity index (χ1) is 10.1. The smallest absolute Gasteiger partial charge is 0.340 e. The fraction of sp³-hybridized carbons (Fsp3) is 0.571. The number of aryl methyl sites for hydroxylation is 1. The maximum absolute atomic E-state index is 11.8. The number of pyridine rings is 1. The van der Waals surface area contributed by atoms with E-state index in [0.717, 1.165) is 0 Å². The molecule has 0 aliphatic carbocycles. The van der Waals surface area contributed by atoms with Gasteiger partial charge in [-0.3, -0.25) is 4.98 Å². The molecule has 0 fully saturated rings. The third kappa shape index (κ3) is 7.03. The molecule has 1 aromatic rings. The molecule has 0 atom stereocenters. The Morgan fingerprint density at radius 2 is 1.76 bits per heavy atom. The van der Waals surface area contributed by atoms with Gasteiger partial charge < -0.3 is 24.7 Å². The number of esters is 1. The molecule has 7 nitrogen and oxygen atoms in total. The first-order valence-corrected chi connectivity index (χ1v) is 6.69. The van der Waals surface area contributed by atoms with E-state index < -0.39 is 5.97 Å². The highest BCUT2D eigenvalue weighted by Gasteiger charge is 2.11. The van der Waals surface area contributed by atoms with Crippen molar-refractivity contribution in [2.75, 3.05) is 52.5 Å². The van der Waals surface area contributed by atoms with Gasteiger partial charge >= 0.3 is 5.97 Å². The van der Waals surface area contributed by atoms with Gasteiger partial charge in [0.25, 0.3) is 0 Å². The summed E-state index contributed by atoms with van der Waals surface area (Å²) in [5, 5.41) is 0. The average Bonchev–Trinajstić information content (AvgIpc) is 2.48. The molecule has 0 radical (unpaired) electrons. The number of nitrogen functional groups attached to an aromatic ring is 1. The van der Waals surface area contributed by atoms with Crippen LogP contribution in [-0.4, -0.2) is 57.7 Å². The van der Waals surface area contributed by atoms with E-state index in [9.17, 15) is 4.79 Å². The highest BCUT2D eigenvalue weighted by atomic mass is 16.6. The number of carbonyl (C=O) groups is 1. The number of nitrogens with two attached hydrogens (primary N) is 1. The fourth-order valence-corrected chi connectivity index (χ4v) is 1.49. The van der Waals surface area contributed by atoms with Crippen LogP contribution in [0.25, 0.3) is 0 Å². The van der Waals surface area contributed by atoms with Crippen molar-refractivity contribution < 1.29 is 23.7 Å². The van der Waals surface area contributed by atoms with E-state index in [1.165, 1.54) is 6.20 Å². The Balaban J connectivity index is 2.12. The van der Waals surface area contributed by atoms with Crippen LogP contribution in [0, 0.1) is 6.92 Å². The van der Waals surface area contributed by atoms with Gasteiger partial charge in [-0.1, -0.05) is 0 Å². The van der Waals surface area contributed by atoms with Crippen LogP contribution in [0.2, 0.25) is 0 Å². The molecule has 0 saturated carbocycles. The zero-order chi connectivity index (χ0) is 15.5. The summed E-state index contributed by atoms with van der Waals surface area (Å²) in [7, 11) is 1.62. The van der Waals surface area contributed by atoms with Crippen LogP contribution in [0.3, 0.4) is 0 Å². The summed E-state index contributed by atoms with van der Waals surface area (Å²) in [5.41, 5.74) is 6.98. The summed E-state index contributed by atoms with van der Waals surface area (Å²) in [6, 6.07) is 1.55. The topological polar surface area (TPSA) is 92.9 Å². The van der Waals surface area contributed by atoms with E-state index >= 15 is 0 Å². The lowest BCUT2D eigenvalue weighted by Gasteiger charge is -2.08. The summed E-state index contributed by atoms with van der Waals surface area (Å²) in [6.07, 6.45) is 1.50. The number of rotatable bonds is 10. The van der Waals surface area contributed by atoms with Crippen LogP contribution in [0.15, 0.2) is 12.3 Å². The van der Waals surface area contributed by atoms with Gasteiger partial charge in [-0.2, -0.15) is 0 Å². The van der Waals surface area contributed by atoms with Crippen molar-refractivity contribution in [3.05, 3.63) is 23.5 Å². The van der Waals surface area contributed by atoms with Gasteiger partial charge in [-0.25, -0.2) is 4.79 Å². The largest absolute Gasteiger partial charge is 0.460 e. The second kappa shape index (κ2) is 10.1. The molecule has 0 spiro atoms. The Morgan fingerprint density at radius 1 is 1.14 bits per heavy atom. The van der Waals surface area contributed by atoms with Gasteiger partial charge in [-0.05, 0) is 13.0 Å². The highest BCUT2D eigenvalue weighted by molar-refractivity contribution is 5.91. The van der Waals surface area contributed by atoms with Gasteiger partial charge in [0, 0.05) is 7.11 Å². The Hall–Kier alpha value is -1.70. The van der Waals surface area contributed by atoms with Gasteiger partial charge in [-0.15, -0.1) is 0 Å². The van der Waals surface area contributed by atoms with E-state index in [0.29, 0.717) is 50.0 Å². The molecule has 0 aliphatic heterocycles. The van der Waals surface area contributed by atoms with Crippen molar-refractivity contribution >= 4 is 11.7 Å². The monoisotopic (exact) mass is 298 g/mol. The predicted octanol–water partition coefficient (Wildman–Crippen LogP) is 0.809. The Labute approximate surface area is 124 Å². The molecule has 0 saturated heterocycles. The number of anilines is 1.